The van der Waals surface area contributed by atoms with E-state index in [1.54, 1.807) is 11.3 Å². The first-order valence-corrected chi connectivity index (χ1v) is 10.8. The van der Waals surface area contributed by atoms with Gasteiger partial charge < -0.3 is 0 Å². The maximum atomic E-state index is 12.2. The van der Waals surface area contributed by atoms with Gasteiger partial charge in [0.2, 0.25) is 0 Å². The van der Waals surface area contributed by atoms with Gasteiger partial charge in [0.25, 0.3) is 0 Å². The Bertz CT molecular complexity index is 691. The quantitative estimate of drug-likeness (QED) is 0.677. The Labute approximate surface area is 143 Å². The summed E-state index contributed by atoms with van der Waals surface area (Å²) in [6, 6.07) is 10.0. The minimum absolute atomic E-state index is 0.0694. The summed E-state index contributed by atoms with van der Waals surface area (Å²) in [4.78, 5) is 4.47. The monoisotopic (exact) mass is 351 g/mol. The van der Waals surface area contributed by atoms with Crippen LogP contribution in [0.5, 0.6) is 0 Å². The van der Waals surface area contributed by atoms with Crippen molar-refractivity contribution in [2.75, 3.05) is 5.75 Å². The van der Waals surface area contributed by atoms with Crippen LogP contribution in [0, 0.1) is 5.92 Å². The zero-order chi connectivity index (χ0) is 16.7. The molecule has 0 saturated heterocycles. The van der Waals surface area contributed by atoms with E-state index in [0.717, 1.165) is 24.3 Å². The average Bonchev–Trinajstić information content (AvgIpc) is 2.93. The number of hydrogen-bond acceptors (Lipinski definition) is 4. The molecule has 0 aliphatic rings. The Morgan fingerprint density at radius 1 is 1.13 bits per heavy atom. The van der Waals surface area contributed by atoms with E-state index in [1.807, 2.05) is 35.7 Å². The Morgan fingerprint density at radius 2 is 1.87 bits per heavy atom. The van der Waals surface area contributed by atoms with Gasteiger partial charge in [0.15, 0.2) is 9.84 Å². The molecular formula is C18H25NO2S2. The molecular weight excluding hydrogens is 326 g/mol. The van der Waals surface area contributed by atoms with Crippen molar-refractivity contribution >= 4 is 21.2 Å². The molecule has 1 aromatic carbocycles. The number of thiazole rings is 1. The van der Waals surface area contributed by atoms with Crippen molar-refractivity contribution in [1.29, 1.82) is 0 Å². The predicted octanol–water partition coefficient (Wildman–Crippen LogP) is 4.28. The molecule has 2 aromatic rings. The summed E-state index contributed by atoms with van der Waals surface area (Å²) in [5.41, 5.74) is 1.89. The zero-order valence-corrected chi connectivity index (χ0v) is 15.5. The Hall–Kier alpha value is -1.20. The van der Waals surface area contributed by atoms with Crippen molar-refractivity contribution in [2.45, 2.75) is 45.3 Å². The summed E-state index contributed by atoms with van der Waals surface area (Å²) in [5, 5.41) is 2.94. The minimum Gasteiger partial charge on any atom is -0.245 e. The van der Waals surface area contributed by atoms with E-state index in [1.165, 1.54) is 5.56 Å². The molecule has 5 heteroatoms. The predicted molar refractivity (Wildman–Crippen MR) is 97.5 cm³/mol. The SMILES string of the molecule is CC(C)CCc1nc(CS(=O)(=O)CCCc2ccccc2)cs1. The van der Waals surface area contributed by atoms with Gasteiger partial charge in [0.05, 0.1) is 22.2 Å². The molecule has 1 aromatic heterocycles. The smallest absolute Gasteiger partial charge is 0.156 e. The van der Waals surface area contributed by atoms with Crippen LogP contribution in [0.2, 0.25) is 0 Å². The van der Waals surface area contributed by atoms with Gasteiger partial charge in [0.1, 0.15) is 0 Å². The molecule has 0 spiro atoms. The molecule has 2 rings (SSSR count). The van der Waals surface area contributed by atoms with Crippen LogP contribution < -0.4 is 0 Å². The lowest BCUT2D eigenvalue weighted by Crippen LogP contribution is -2.10. The van der Waals surface area contributed by atoms with Gasteiger partial charge in [-0.25, -0.2) is 13.4 Å². The third-order valence-electron chi connectivity index (χ3n) is 3.67. The van der Waals surface area contributed by atoms with Crippen LogP contribution >= 0.6 is 11.3 Å². The highest BCUT2D eigenvalue weighted by Gasteiger charge is 2.14. The summed E-state index contributed by atoms with van der Waals surface area (Å²) < 4.78 is 24.5. The van der Waals surface area contributed by atoms with E-state index in [9.17, 15) is 8.42 Å². The lowest BCUT2D eigenvalue weighted by Gasteiger charge is -2.03. The largest absolute Gasteiger partial charge is 0.245 e. The van der Waals surface area contributed by atoms with Crippen molar-refractivity contribution in [3.8, 4) is 0 Å². The zero-order valence-electron chi connectivity index (χ0n) is 13.9. The van der Waals surface area contributed by atoms with E-state index < -0.39 is 9.84 Å². The first-order valence-electron chi connectivity index (χ1n) is 8.12. The fourth-order valence-corrected chi connectivity index (χ4v) is 4.63. The van der Waals surface area contributed by atoms with Crippen LogP contribution in [0.15, 0.2) is 35.7 Å². The van der Waals surface area contributed by atoms with Crippen LogP contribution in [0.4, 0.5) is 0 Å². The van der Waals surface area contributed by atoms with Gasteiger partial charge in [-0.2, -0.15) is 0 Å². The fraction of sp³-hybridized carbons (Fsp3) is 0.500. The van der Waals surface area contributed by atoms with E-state index >= 15 is 0 Å². The summed E-state index contributed by atoms with van der Waals surface area (Å²) in [5.74, 6) is 0.935. The topological polar surface area (TPSA) is 47.0 Å². The number of rotatable bonds is 9. The highest BCUT2D eigenvalue weighted by molar-refractivity contribution is 7.90. The van der Waals surface area contributed by atoms with Crippen molar-refractivity contribution in [3.63, 3.8) is 0 Å². The number of aromatic nitrogens is 1. The molecule has 126 valence electrons. The molecule has 0 fully saturated rings. The first-order chi connectivity index (χ1) is 10.9. The summed E-state index contributed by atoms with van der Waals surface area (Å²) in [7, 11) is -3.08. The standard InChI is InChI=1S/C18H25NO2S2/c1-15(2)10-11-18-19-17(13-22-18)14-23(20,21)12-6-9-16-7-4-3-5-8-16/h3-5,7-8,13,15H,6,9-12,14H2,1-2H3. The minimum atomic E-state index is -3.08. The maximum absolute atomic E-state index is 12.2. The molecule has 0 radical (unpaired) electrons. The summed E-state index contributed by atoms with van der Waals surface area (Å²) in [6.45, 7) is 4.37. The second-order valence-electron chi connectivity index (χ2n) is 6.35. The summed E-state index contributed by atoms with van der Waals surface area (Å²) >= 11 is 1.58. The van der Waals surface area contributed by atoms with Gasteiger partial charge in [0, 0.05) is 5.38 Å². The van der Waals surface area contributed by atoms with Gasteiger partial charge in [-0.05, 0) is 37.2 Å². The highest BCUT2D eigenvalue weighted by Crippen LogP contribution is 2.17. The molecule has 0 unspecified atom stereocenters. The van der Waals surface area contributed by atoms with Crippen molar-refractivity contribution < 1.29 is 8.42 Å². The molecule has 0 bridgehead atoms. The van der Waals surface area contributed by atoms with Gasteiger partial charge in [-0.3, -0.25) is 0 Å². The van der Waals surface area contributed by atoms with Crippen molar-refractivity contribution in [3.05, 3.63) is 52.0 Å². The van der Waals surface area contributed by atoms with Crippen LogP contribution in [-0.4, -0.2) is 19.2 Å². The van der Waals surface area contributed by atoms with Gasteiger partial charge >= 0.3 is 0 Å². The number of aryl methyl sites for hydroxylation is 2. The van der Waals surface area contributed by atoms with E-state index in [-0.39, 0.29) is 11.5 Å². The average molecular weight is 352 g/mol. The second-order valence-corrected chi connectivity index (χ2v) is 9.47. The van der Waals surface area contributed by atoms with Gasteiger partial charge in [-0.1, -0.05) is 44.2 Å². The molecule has 0 aliphatic heterocycles. The van der Waals surface area contributed by atoms with Crippen LogP contribution in [0.25, 0.3) is 0 Å². The fourth-order valence-electron chi connectivity index (χ4n) is 2.38. The highest BCUT2D eigenvalue weighted by atomic mass is 32.2. The molecule has 23 heavy (non-hydrogen) atoms. The molecule has 0 amide bonds. The Balaban J connectivity index is 1.81. The third kappa shape index (κ3) is 6.83. The Morgan fingerprint density at radius 3 is 2.57 bits per heavy atom. The Kier molecular flexibility index (Phi) is 6.78. The molecule has 0 saturated carbocycles. The molecule has 0 atom stereocenters. The van der Waals surface area contributed by atoms with Crippen LogP contribution in [0.3, 0.4) is 0 Å². The molecule has 0 aliphatic carbocycles. The van der Waals surface area contributed by atoms with Crippen molar-refractivity contribution in [2.24, 2.45) is 5.92 Å². The summed E-state index contributed by atoms with van der Waals surface area (Å²) in [6.07, 6.45) is 3.50. The normalized spacial score (nSPS) is 12.0. The van der Waals surface area contributed by atoms with E-state index in [2.05, 4.69) is 18.8 Å². The van der Waals surface area contributed by atoms with Crippen LogP contribution in [-0.2, 0) is 28.4 Å². The van der Waals surface area contributed by atoms with Crippen molar-refractivity contribution in [1.82, 2.24) is 4.98 Å². The lowest BCUT2D eigenvalue weighted by molar-refractivity contribution is 0.584. The lowest BCUT2D eigenvalue weighted by atomic mass is 10.1. The first kappa shape index (κ1) is 18.1. The van der Waals surface area contributed by atoms with Gasteiger partial charge in [-0.15, -0.1) is 11.3 Å². The van der Waals surface area contributed by atoms with Crippen LogP contribution in [0.1, 0.15) is 43.0 Å². The van der Waals surface area contributed by atoms with E-state index in [4.69, 9.17) is 0 Å². The molecule has 0 N–H and O–H groups in total. The molecule has 1 heterocycles. The number of nitrogens with zero attached hydrogens (tertiary/aromatic N) is 1. The maximum Gasteiger partial charge on any atom is 0.156 e. The van der Waals surface area contributed by atoms with E-state index in [0.29, 0.717) is 18.0 Å². The third-order valence-corrected chi connectivity index (χ3v) is 6.27. The second kappa shape index (κ2) is 8.60. The number of sulfone groups is 1. The number of benzene rings is 1. The molecule has 3 nitrogen and oxygen atoms in total. The number of hydrogen-bond donors (Lipinski definition) is 0.